The minimum Gasteiger partial charge on any atom is -0.316 e. The Balaban J connectivity index is 1.93. The zero-order valence-electron chi connectivity index (χ0n) is 14.6. The molecule has 2 fully saturated rings. The van der Waals surface area contributed by atoms with Crippen molar-refractivity contribution >= 4 is 0 Å². The standard InChI is InChI=1S/C18H36N2/c1-17(2,3)15-9-11-20(13-15)12-14-8-7-10-18(4,5)16(14)19-6/h14-16,19H,7-13H2,1-6H3. The monoisotopic (exact) mass is 280 g/mol. The maximum atomic E-state index is 3.63. The van der Waals surface area contributed by atoms with Gasteiger partial charge in [0.05, 0.1) is 0 Å². The Hall–Kier alpha value is -0.0800. The molecule has 1 aliphatic carbocycles. The summed E-state index contributed by atoms with van der Waals surface area (Å²) in [5, 5.41) is 3.63. The molecule has 2 nitrogen and oxygen atoms in total. The first kappa shape index (κ1) is 16.3. The average molecular weight is 280 g/mol. The fourth-order valence-electron chi connectivity index (χ4n) is 4.64. The van der Waals surface area contributed by atoms with Gasteiger partial charge in [-0.15, -0.1) is 0 Å². The minimum atomic E-state index is 0.459. The second-order valence-corrected chi connectivity index (χ2v) is 9.02. The van der Waals surface area contributed by atoms with Crippen molar-refractivity contribution in [1.82, 2.24) is 10.2 Å². The lowest BCUT2D eigenvalue weighted by Gasteiger charge is -2.45. The van der Waals surface area contributed by atoms with Gasteiger partial charge in [0.1, 0.15) is 0 Å². The maximum absolute atomic E-state index is 3.63. The van der Waals surface area contributed by atoms with E-state index in [1.165, 1.54) is 45.3 Å². The predicted molar refractivity (Wildman–Crippen MR) is 88.0 cm³/mol. The van der Waals surface area contributed by atoms with E-state index in [9.17, 15) is 0 Å². The van der Waals surface area contributed by atoms with E-state index in [-0.39, 0.29) is 0 Å². The fourth-order valence-corrected chi connectivity index (χ4v) is 4.64. The van der Waals surface area contributed by atoms with Crippen LogP contribution in [0.5, 0.6) is 0 Å². The van der Waals surface area contributed by atoms with Gasteiger partial charge in [-0.05, 0) is 55.5 Å². The van der Waals surface area contributed by atoms with Crippen molar-refractivity contribution in [2.75, 3.05) is 26.7 Å². The molecular formula is C18H36N2. The van der Waals surface area contributed by atoms with Gasteiger partial charge < -0.3 is 10.2 Å². The summed E-state index contributed by atoms with van der Waals surface area (Å²) >= 11 is 0. The first-order valence-corrected chi connectivity index (χ1v) is 8.63. The molecule has 0 aromatic heterocycles. The summed E-state index contributed by atoms with van der Waals surface area (Å²) in [5.41, 5.74) is 0.934. The van der Waals surface area contributed by atoms with Gasteiger partial charge >= 0.3 is 0 Å². The lowest BCUT2D eigenvalue weighted by atomic mass is 9.68. The van der Waals surface area contributed by atoms with Crippen LogP contribution in [0.15, 0.2) is 0 Å². The molecule has 0 aromatic rings. The van der Waals surface area contributed by atoms with Crippen molar-refractivity contribution in [2.24, 2.45) is 22.7 Å². The van der Waals surface area contributed by atoms with Crippen LogP contribution in [0.1, 0.15) is 60.3 Å². The lowest BCUT2D eigenvalue weighted by Crippen LogP contribution is -2.51. The van der Waals surface area contributed by atoms with Crippen LogP contribution < -0.4 is 5.32 Å². The highest BCUT2D eigenvalue weighted by atomic mass is 15.2. The third-order valence-corrected chi connectivity index (χ3v) is 6.01. The molecule has 20 heavy (non-hydrogen) atoms. The number of hydrogen-bond acceptors (Lipinski definition) is 2. The molecule has 0 aromatic carbocycles. The van der Waals surface area contributed by atoms with E-state index in [1.54, 1.807) is 0 Å². The van der Waals surface area contributed by atoms with Crippen LogP contribution in [-0.2, 0) is 0 Å². The summed E-state index contributed by atoms with van der Waals surface area (Å²) in [5.74, 6) is 1.72. The molecule has 118 valence electrons. The summed E-state index contributed by atoms with van der Waals surface area (Å²) < 4.78 is 0. The summed E-state index contributed by atoms with van der Waals surface area (Å²) in [7, 11) is 2.16. The quantitative estimate of drug-likeness (QED) is 0.846. The first-order chi connectivity index (χ1) is 9.24. The molecular weight excluding hydrogens is 244 g/mol. The number of nitrogens with zero attached hydrogens (tertiary/aromatic N) is 1. The van der Waals surface area contributed by atoms with Gasteiger partial charge in [0.15, 0.2) is 0 Å². The highest BCUT2D eigenvalue weighted by Crippen LogP contribution is 2.40. The van der Waals surface area contributed by atoms with Crippen molar-refractivity contribution in [2.45, 2.75) is 66.3 Å². The van der Waals surface area contributed by atoms with Crippen molar-refractivity contribution in [3.05, 3.63) is 0 Å². The van der Waals surface area contributed by atoms with Crippen LogP contribution in [-0.4, -0.2) is 37.6 Å². The van der Waals surface area contributed by atoms with Gasteiger partial charge in [-0.2, -0.15) is 0 Å². The largest absolute Gasteiger partial charge is 0.316 e. The summed E-state index contributed by atoms with van der Waals surface area (Å²) in [4.78, 5) is 2.74. The number of hydrogen-bond donors (Lipinski definition) is 1. The molecule has 2 heteroatoms. The van der Waals surface area contributed by atoms with Crippen molar-refractivity contribution in [3.8, 4) is 0 Å². The molecule has 1 saturated heterocycles. The van der Waals surface area contributed by atoms with E-state index in [4.69, 9.17) is 0 Å². The molecule has 1 heterocycles. The Morgan fingerprint density at radius 1 is 1.20 bits per heavy atom. The van der Waals surface area contributed by atoms with Crippen molar-refractivity contribution < 1.29 is 0 Å². The van der Waals surface area contributed by atoms with E-state index < -0.39 is 0 Å². The Labute approximate surface area is 126 Å². The van der Waals surface area contributed by atoms with Crippen LogP contribution in [0, 0.1) is 22.7 Å². The Morgan fingerprint density at radius 3 is 2.45 bits per heavy atom. The molecule has 0 bridgehead atoms. The topological polar surface area (TPSA) is 15.3 Å². The third kappa shape index (κ3) is 3.57. The third-order valence-electron chi connectivity index (χ3n) is 6.01. The van der Waals surface area contributed by atoms with Crippen LogP contribution in [0.25, 0.3) is 0 Å². The van der Waals surface area contributed by atoms with Gasteiger partial charge in [0.2, 0.25) is 0 Å². The van der Waals surface area contributed by atoms with E-state index in [0.29, 0.717) is 16.9 Å². The SMILES string of the molecule is CNC1C(CN2CCC(C(C)(C)C)C2)CCCC1(C)C. The second-order valence-electron chi connectivity index (χ2n) is 9.02. The molecule has 1 saturated carbocycles. The fraction of sp³-hybridized carbons (Fsp3) is 1.00. The molecule has 0 radical (unpaired) electrons. The normalized spacial score (nSPS) is 35.4. The van der Waals surface area contributed by atoms with Crippen molar-refractivity contribution in [1.29, 1.82) is 0 Å². The smallest absolute Gasteiger partial charge is 0.0156 e. The molecule has 2 aliphatic rings. The van der Waals surface area contributed by atoms with E-state index in [2.05, 4.69) is 51.9 Å². The van der Waals surface area contributed by atoms with Crippen LogP contribution in [0.4, 0.5) is 0 Å². The highest BCUT2D eigenvalue weighted by Gasteiger charge is 2.40. The minimum absolute atomic E-state index is 0.459. The van der Waals surface area contributed by atoms with E-state index >= 15 is 0 Å². The van der Waals surface area contributed by atoms with E-state index in [0.717, 1.165) is 11.8 Å². The average Bonchev–Trinajstić information content (AvgIpc) is 2.76. The summed E-state index contributed by atoms with van der Waals surface area (Å²) in [6, 6.07) is 0.685. The van der Waals surface area contributed by atoms with Crippen LogP contribution in [0.3, 0.4) is 0 Å². The predicted octanol–water partition coefficient (Wildman–Crippen LogP) is 3.77. The number of nitrogens with one attached hydrogen (secondary N) is 1. The van der Waals surface area contributed by atoms with Gasteiger partial charge in [0.25, 0.3) is 0 Å². The molecule has 2 rings (SSSR count). The zero-order valence-corrected chi connectivity index (χ0v) is 14.6. The Morgan fingerprint density at radius 2 is 1.90 bits per heavy atom. The zero-order chi connectivity index (χ0) is 15.0. The second kappa shape index (κ2) is 5.96. The summed E-state index contributed by atoms with van der Waals surface area (Å²) in [6.07, 6.45) is 5.58. The van der Waals surface area contributed by atoms with Crippen LogP contribution >= 0.6 is 0 Å². The molecule has 1 aliphatic heterocycles. The lowest BCUT2D eigenvalue weighted by molar-refractivity contribution is 0.0869. The van der Waals surface area contributed by atoms with Gasteiger partial charge in [-0.1, -0.05) is 41.0 Å². The Bertz CT molecular complexity index is 316. The van der Waals surface area contributed by atoms with Gasteiger partial charge in [-0.3, -0.25) is 0 Å². The van der Waals surface area contributed by atoms with E-state index in [1.807, 2.05) is 0 Å². The van der Waals surface area contributed by atoms with Crippen LogP contribution in [0.2, 0.25) is 0 Å². The van der Waals surface area contributed by atoms with Gasteiger partial charge in [0, 0.05) is 19.1 Å². The number of likely N-dealkylation sites (tertiary alicyclic amines) is 1. The first-order valence-electron chi connectivity index (χ1n) is 8.63. The molecule has 3 unspecified atom stereocenters. The highest BCUT2D eigenvalue weighted by molar-refractivity contribution is 4.95. The van der Waals surface area contributed by atoms with Gasteiger partial charge in [-0.25, -0.2) is 0 Å². The molecule has 1 N–H and O–H groups in total. The van der Waals surface area contributed by atoms with Crippen molar-refractivity contribution in [3.63, 3.8) is 0 Å². The molecule has 0 amide bonds. The molecule has 0 spiro atoms. The number of rotatable bonds is 3. The Kier molecular flexibility index (Phi) is 4.86. The maximum Gasteiger partial charge on any atom is 0.0156 e. The summed E-state index contributed by atoms with van der Waals surface area (Å²) in [6.45, 7) is 16.0. The molecule has 3 atom stereocenters.